The molecule has 0 bridgehead atoms. The lowest BCUT2D eigenvalue weighted by molar-refractivity contribution is 0.0943. The zero-order valence-electron chi connectivity index (χ0n) is 16.2. The Morgan fingerprint density at radius 1 is 1.13 bits per heavy atom. The monoisotopic (exact) mass is 446 g/mol. The molecule has 0 spiro atoms. The highest BCUT2D eigenvalue weighted by atomic mass is 35.5. The molecule has 1 heterocycles. The molecule has 1 amide bonds. The van der Waals surface area contributed by atoms with Gasteiger partial charge < -0.3 is 5.32 Å². The van der Waals surface area contributed by atoms with Crippen LogP contribution in [-0.4, -0.2) is 30.4 Å². The highest BCUT2D eigenvalue weighted by Crippen LogP contribution is 2.16. The summed E-state index contributed by atoms with van der Waals surface area (Å²) in [6, 6.07) is 14.8. The number of hydrogen-bond acceptors (Lipinski definition) is 5. The van der Waals surface area contributed by atoms with Gasteiger partial charge in [0, 0.05) is 23.3 Å². The second kappa shape index (κ2) is 8.68. The average molecular weight is 447 g/mol. The fourth-order valence-corrected chi connectivity index (χ4v) is 3.51. The number of amides is 1. The minimum Gasteiger partial charge on any atom is -0.346 e. The number of anilines is 1. The third-order valence-electron chi connectivity index (χ3n) is 4.15. The van der Waals surface area contributed by atoms with Crippen LogP contribution in [0.5, 0.6) is 0 Å². The Hall–Kier alpha value is -3.17. The lowest BCUT2D eigenvalue weighted by Gasteiger charge is -2.13. The van der Waals surface area contributed by atoms with Crippen molar-refractivity contribution in [3.05, 3.63) is 86.8 Å². The summed E-state index contributed by atoms with van der Waals surface area (Å²) in [5, 5.41) is 7.37. The van der Waals surface area contributed by atoms with E-state index >= 15 is 0 Å². The third kappa shape index (κ3) is 5.25. The zero-order chi connectivity index (χ0) is 21.9. The molecular formula is C20H19ClN4O4S. The minimum atomic E-state index is -3.48. The van der Waals surface area contributed by atoms with E-state index in [2.05, 4.69) is 15.1 Å². The van der Waals surface area contributed by atoms with E-state index in [4.69, 9.17) is 11.6 Å². The maximum absolute atomic E-state index is 12.6. The van der Waals surface area contributed by atoms with Gasteiger partial charge in [-0.15, -0.1) is 0 Å². The molecule has 0 atom stereocenters. The Balaban J connectivity index is 1.86. The molecule has 0 fully saturated rings. The number of sulfonamides is 1. The predicted molar refractivity (Wildman–Crippen MR) is 116 cm³/mol. The topological polar surface area (TPSA) is 110 Å². The number of benzene rings is 2. The Kier molecular flexibility index (Phi) is 6.23. The van der Waals surface area contributed by atoms with Crippen LogP contribution in [0.25, 0.3) is 5.69 Å². The number of halogens is 1. The number of nitrogens with zero attached hydrogens (tertiary/aromatic N) is 2. The molecule has 3 rings (SSSR count). The van der Waals surface area contributed by atoms with E-state index in [9.17, 15) is 18.0 Å². The van der Waals surface area contributed by atoms with Gasteiger partial charge in [0.2, 0.25) is 15.5 Å². The van der Waals surface area contributed by atoms with Crippen molar-refractivity contribution in [3.8, 4) is 5.69 Å². The van der Waals surface area contributed by atoms with Crippen LogP contribution in [0, 0.1) is 6.92 Å². The van der Waals surface area contributed by atoms with Gasteiger partial charge in [-0.05, 0) is 42.8 Å². The van der Waals surface area contributed by atoms with Crippen molar-refractivity contribution in [1.82, 2.24) is 15.1 Å². The first-order chi connectivity index (χ1) is 14.1. The Bertz CT molecular complexity index is 1250. The van der Waals surface area contributed by atoms with Crippen molar-refractivity contribution in [2.45, 2.75) is 13.5 Å². The van der Waals surface area contributed by atoms with Crippen LogP contribution in [0.2, 0.25) is 5.02 Å². The van der Waals surface area contributed by atoms with E-state index < -0.39 is 21.4 Å². The highest BCUT2D eigenvalue weighted by Gasteiger charge is 2.16. The lowest BCUT2D eigenvalue weighted by Crippen LogP contribution is -2.32. The number of carbonyl (C=O) groups is 1. The Labute approximate surface area is 178 Å². The van der Waals surface area contributed by atoms with Gasteiger partial charge in [-0.2, -0.15) is 5.10 Å². The van der Waals surface area contributed by atoms with E-state index in [0.717, 1.165) is 6.26 Å². The van der Waals surface area contributed by atoms with E-state index in [1.165, 1.54) is 10.7 Å². The first-order valence-corrected chi connectivity index (χ1v) is 11.1. The zero-order valence-corrected chi connectivity index (χ0v) is 17.8. The van der Waals surface area contributed by atoms with Gasteiger partial charge >= 0.3 is 0 Å². The van der Waals surface area contributed by atoms with Crippen LogP contribution in [0.15, 0.2) is 59.4 Å². The third-order valence-corrected chi connectivity index (χ3v) is 4.99. The molecule has 1 aromatic heterocycles. The molecule has 0 aliphatic rings. The van der Waals surface area contributed by atoms with Gasteiger partial charge in [0.15, 0.2) is 5.69 Å². The summed E-state index contributed by atoms with van der Waals surface area (Å²) < 4.78 is 26.9. The second-order valence-electron chi connectivity index (χ2n) is 6.60. The lowest BCUT2D eigenvalue weighted by atomic mass is 10.2. The fourth-order valence-electron chi connectivity index (χ4n) is 2.78. The Morgan fingerprint density at radius 2 is 1.80 bits per heavy atom. The van der Waals surface area contributed by atoms with Crippen LogP contribution in [-0.2, 0) is 16.6 Å². The SMILES string of the molecule is Cc1cc(=O)c(C(=O)NCc2ccccc2NS(C)(=O)=O)nn1-c1ccc(Cl)cc1. The molecule has 0 unspecified atom stereocenters. The van der Waals surface area contributed by atoms with Gasteiger partial charge in [0.1, 0.15) is 0 Å². The molecule has 2 aromatic carbocycles. The summed E-state index contributed by atoms with van der Waals surface area (Å²) in [6.45, 7) is 1.71. The van der Waals surface area contributed by atoms with E-state index in [1.54, 1.807) is 55.5 Å². The summed E-state index contributed by atoms with van der Waals surface area (Å²) in [7, 11) is -3.48. The smallest absolute Gasteiger partial charge is 0.276 e. The minimum absolute atomic E-state index is 0.00741. The van der Waals surface area contributed by atoms with Gasteiger partial charge in [-0.3, -0.25) is 14.3 Å². The number of aromatic nitrogens is 2. The van der Waals surface area contributed by atoms with Crippen molar-refractivity contribution in [3.63, 3.8) is 0 Å². The van der Waals surface area contributed by atoms with Crippen molar-refractivity contribution < 1.29 is 13.2 Å². The fraction of sp³-hybridized carbons (Fsp3) is 0.150. The van der Waals surface area contributed by atoms with Gasteiger partial charge in [-0.1, -0.05) is 29.8 Å². The van der Waals surface area contributed by atoms with E-state index in [0.29, 0.717) is 27.7 Å². The van der Waals surface area contributed by atoms with Gasteiger partial charge in [0.25, 0.3) is 5.91 Å². The predicted octanol–water partition coefficient (Wildman–Crippen LogP) is 2.50. The molecule has 0 saturated carbocycles. The number of aryl methyl sites for hydroxylation is 1. The number of carbonyl (C=O) groups excluding carboxylic acids is 1. The van der Waals surface area contributed by atoms with Crippen LogP contribution >= 0.6 is 11.6 Å². The van der Waals surface area contributed by atoms with Crippen LogP contribution in [0.3, 0.4) is 0 Å². The molecule has 0 radical (unpaired) electrons. The summed E-state index contributed by atoms with van der Waals surface area (Å²) in [5.41, 5.74) is 1.30. The standard InChI is InChI=1S/C20H19ClN4O4S/c1-13-11-18(26)19(23-25(13)16-9-7-15(21)8-10-16)20(27)22-12-14-5-3-4-6-17(14)24-30(2,28)29/h3-11,24H,12H2,1-2H3,(H,22,27). The van der Waals surface area contributed by atoms with Crippen molar-refractivity contribution in [2.75, 3.05) is 11.0 Å². The number of para-hydroxylation sites is 1. The van der Waals surface area contributed by atoms with Crippen molar-refractivity contribution in [1.29, 1.82) is 0 Å². The first-order valence-electron chi connectivity index (χ1n) is 8.85. The molecule has 3 aromatic rings. The molecule has 2 N–H and O–H groups in total. The average Bonchev–Trinajstić information content (AvgIpc) is 2.67. The van der Waals surface area contributed by atoms with Crippen LogP contribution in [0.4, 0.5) is 5.69 Å². The molecule has 0 saturated heterocycles. The molecule has 30 heavy (non-hydrogen) atoms. The van der Waals surface area contributed by atoms with Crippen molar-refractivity contribution in [2.24, 2.45) is 0 Å². The highest BCUT2D eigenvalue weighted by molar-refractivity contribution is 7.92. The van der Waals surface area contributed by atoms with E-state index in [-0.39, 0.29) is 12.2 Å². The largest absolute Gasteiger partial charge is 0.346 e. The maximum atomic E-state index is 12.6. The van der Waals surface area contributed by atoms with Crippen LogP contribution < -0.4 is 15.5 Å². The molecule has 156 valence electrons. The quantitative estimate of drug-likeness (QED) is 0.604. The number of hydrogen-bond donors (Lipinski definition) is 2. The molecule has 10 heteroatoms. The second-order valence-corrected chi connectivity index (χ2v) is 8.79. The van der Waals surface area contributed by atoms with Crippen molar-refractivity contribution >= 4 is 33.2 Å². The Morgan fingerprint density at radius 3 is 2.47 bits per heavy atom. The summed E-state index contributed by atoms with van der Waals surface area (Å²) in [6.07, 6.45) is 1.04. The normalized spacial score (nSPS) is 11.2. The molecule has 0 aliphatic heterocycles. The van der Waals surface area contributed by atoms with Crippen LogP contribution in [0.1, 0.15) is 21.7 Å². The summed E-state index contributed by atoms with van der Waals surface area (Å²) in [5.74, 6) is -0.670. The molecular weight excluding hydrogens is 428 g/mol. The molecule has 0 aliphatic carbocycles. The number of nitrogens with one attached hydrogen (secondary N) is 2. The molecule has 8 nitrogen and oxygen atoms in total. The van der Waals surface area contributed by atoms with E-state index in [1.807, 2.05) is 0 Å². The number of rotatable bonds is 6. The van der Waals surface area contributed by atoms with Gasteiger partial charge in [-0.25, -0.2) is 13.1 Å². The first kappa shape index (κ1) is 21.5. The summed E-state index contributed by atoms with van der Waals surface area (Å²) >= 11 is 5.91. The summed E-state index contributed by atoms with van der Waals surface area (Å²) in [4.78, 5) is 25.0. The maximum Gasteiger partial charge on any atom is 0.276 e. The van der Waals surface area contributed by atoms with Gasteiger partial charge in [0.05, 0.1) is 17.6 Å².